The third-order valence-electron chi connectivity index (χ3n) is 3.90. The van der Waals surface area contributed by atoms with Gasteiger partial charge in [0, 0.05) is 22.8 Å². The van der Waals surface area contributed by atoms with Crippen LogP contribution < -0.4 is 5.32 Å². The number of halogens is 4. The maximum absolute atomic E-state index is 12.4. The minimum Gasteiger partial charge on any atom is -0.367 e. The summed E-state index contributed by atoms with van der Waals surface area (Å²) in [5.41, 5.74) is 1.65. The summed E-state index contributed by atoms with van der Waals surface area (Å²) in [5, 5.41) is 7.57. The molecule has 3 rings (SSSR count). The first-order chi connectivity index (χ1) is 13.8. The van der Waals surface area contributed by atoms with Crippen LogP contribution in [0, 0.1) is 0 Å². The molecule has 3 aromatic rings. The molecular weight excluding hydrogens is 407 g/mol. The molecule has 1 amide bonds. The molecule has 0 unspecified atom stereocenters. The molecule has 1 N–H and O–H groups in total. The molecule has 0 spiro atoms. The zero-order valence-electron chi connectivity index (χ0n) is 15.1. The summed E-state index contributed by atoms with van der Waals surface area (Å²) in [6.07, 6.45) is -2.68. The summed E-state index contributed by atoms with van der Waals surface area (Å²) in [5.74, 6) is -0.0774. The normalized spacial score (nSPS) is 11.4. The molecule has 29 heavy (non-hydrogen) atoms. The van der Waals surface area contributed by atoms with Gasteiger partial charge in [0.05, 0.1) is 13.2 Å². The molecule has 152 valence electrons. The highest BCUT2D eigenvalue weighted by molar-refractivity contribution is 6.31. The number of hydrogen-bond acceptors (Lipinski definition) is 3. The van der Waals surface area contributed by atoms with E-state index < -0.39 is 18.7 Å². The van der Waals surface area contributed by atoms with Crippen LogP contribution in [0.5, 0.6) is 0 Å². The molecule has 9 heteroatoms. The largest absolute Gasteiger partial charge is 0.411 e. The molecule has 5 nitrogen and oxygen atoms in total. The second kappa shape index (κ2) is 9.11. The Hall–Kier alpha value is -2.84. The van der Waals surface area contributed by atoms with Gasteiger partial charge < -0.3 is 10.1 Å². The van der Waals surface area contributed by atoms with E-state index in [-0.39, 0.29) is 6.61 Å². The number of carbonyl (C=O) groups excluding carboxylic acids is 1. The van der Waals surface area contributed by atoms with Gasteiger partial charge in [-0.2, -0.15) is 18.3 Å². The van der Waals surface area contributed by atoms with Crippen LogP contribution >= 0.6 is 11.6 Å². The van der Waals surface area contributed by atoms with Crippen molar-refractivity contribution < 1.29 is 22.7 Å². The third-order valence-corrected chi connectivity index (χ3v) is 4.26. The maximum Gasteiger partial charge on any atom is 0.411 e. The molecule has 0 aliphatic heterocycles. The molecule has 0 bridgehead atoms. The number of rotatable bonds is 7. The smallest absolute Gasteiger partial charge is 0.367 e. The van der Waals surface area contributed by atoms with Crippen molar-refractivity contribution in [2.45, 2.75) is 19.3 Å². The molecule has 0 radical (unpaired) electrons. The fourth-order valence-corrected chi connectivity index (χ4v) is 2.79. The first-order valence-corrected chi connectivity index (χ1v) is 8.99. The van der Waals surface area contributed by atoms with Crippen LogP contribution in [0.2, 0.25) is 5.02 Å². The fourth-order valence-electron chi connectivity index (χ4n) is 2.59. The highest BCUT2D eigenvalue weighted by atomic mass is 35.5. The lowest BCUT2D eigenvalue weighted by Gasteiger charge is -2.09. The van der Waals surface area contributed by atoms with Gasteiger partial charge in [0.2, 0.25) is 0 Å². The number of anilines is 1. The van der Waals surface area contributed by atoms with E-state index in [4.69, 9.17) is 11.6 Å². The van der Waals surface area contributed by atoms with E-state index in [0.717, 1.165) is 5.56 Å². The van der Waals surface area contributed by atoms with Crippen LogP contribution in [0.1, 0.15) is 21.5 Å². The standard InChI is InChI=1S/C20H17ClF3N3O2/c21-17-7-2-1-5-16(17)11-27-9-8-18(26-27)25-19(28)15-6-3-4-14(10-15)12-29-13-20(22,23)24/h1-10H,11-13H2,(H,25,26,28). The Morgan fingerprint density at radius 3 is 2.69 bits per heavy atom. The van der Waals surface area contributed by atoms with Gasteiger partial charge in [-0.3, -0.25) is 9.48 Å². The minimum atomic E-state index is -4.39. The van der Waals surface area contributed by atoms with Crippen molar-refractivity contribution in [2.75, 3.05) is 11.9 Å². The number of benzene rings is 2. The topological polar surface area (TPSA) is 56.2 Å². The average Bonchev–Trinajstić information content (AvgIpc) is 3.10. The summed E-state index contributed by atoms with van der Waals surface area (Å²) in [4.78, 5) is 12.4. The van der Waals surface area contributed by atoms with Crippen LogP contribution in [-0.4, -0.2) is 28.5 Å². The number of nitrogens with one attached hydrogen (secondary N) is 1. The Kier molecular flexibility index (Phi) is 6.56. The maximum atomic E-state index is 12.4. The molecule has 1 heterocycles. The summed E-state index contributed by atoms with van der Waals surface area (Å²) in [6, 6.07) is 15.2. The zero-order chi connectivity index (χ0) is 20.9. The van der Waals surface area contributed by atoms with Crippen molar-refractivity contribution in [3.05, 3.63) is 82.5 Å². The molecule has 0 fully saturated rings. The zero-order valence-corrected chi connectivity index (χ0v) is 15.9. The van der Waals surface area contributed by atoms with Gasteiger partial charge in [-0.05, 0) is 29.3 Å². The van der Waals surface area contributed by atoms with Crippen molar-refractivity contribution in [1.82, 2.24) is 9.78 Å². The van der Waals surface area contributed by atoms with E-state index in [1.165, 1.54) is 6.07 Å². The monoisotopic (exact) mass is 423 g/mol. The second-order valence-corrected chi connectivity index (χ2v) is 6.66. The van der Waals surface area contributed by atoms with Gasteiger partial charge in [0.1, 0.15) is 6.61 Å². The van der Waals surface area contributed by atoms with Gasteiger partial charge in [0.25, 0.3) is 5.91 Å². The first kappa shape index (κ1) is 20.9. The molecule has 0 atom stereocenters. The van der Waals surface area contributed by atoms with Gasteiger partial charge in [-0.25, -0.2) is 0 Å². The highest BCUT2D eigenvalue weighted by Crippen LogP contribution is 2.18. The molecule has 0 aliphatic rings. The number of amides is 1. The molecule has 1 aromatic heterocycles. The number of nitrogens with zero attached hydrogens (tertiary/aromatic N) is 2. The van der Waals surface area contributed by atoms with E-state index in [9.17, 15) is 18.0 Å². The molecule has 0 saturated heterocycles. The first-order valence-electron chi connectivity index (χ1n) is 8.62. The Labute approximate surface area is 170 Å². The van der Waals surface area contributed by atoms with Crippen molar-refractivity contribution in [1.29, 1.82) is 0 Å². The Morgan fingerprint density at radius 2 is 1.93 bits per heavy atom. The summed E-state index contributed by atoms with van der Waals surface area (Å²) < 4.78 is 42.8. The van der Waals surface area contributed by atoms with Crippen molar-refractivity contribution >= 4 is 23.3 Å². The summed E-state index contributed by atoms with van der Waals surface area (Å²) >= 11 is 6.14. The lowest BCUT2D eigenvalue weighted by Crippen LogP contribution is -2.17. The summed E-state index contributed by atoms with van der Waals surface area (Å²) in [6.45, 7) is -1.14. The van der Waals surface area contributed by atoms with Gasteiger partial charge in [-0.1, -0.05) is 41.9 Å². The van der Waals surface area contributed by atoms with E-state index in [2.05, 4.69) is 15.2 Å². The molecule has 0 aliphatic carbocycles. The third kappa shape index (κ3) is 6.33. The number of hydrogen-bond donors (Lipinski definition) is 1. The average molecular weight is 424 g/mol. The van der Waals surface area contributed by atoms with Crippen LogP contribution in [0.15, 0.2) is 60.8 Å². The van der Waals surface area contributed by atoms with Crippen LogP contribution in [0.4, 0.5) is 19.0 Å². The van der Waals surface area contributed by atoms with Crippen LogP contribution in [0.3, 0.4) is 0 Å². The lowest BCUT2D eigenvalue weighted by molar-refractivity contribution is -0.176. The predicted molar refractivity (Wildman–Crippen MR) is 103 cm³/mol. The van der Waals surface area contributed by atoms with Crippen LogP contribution in [-0.2, 0) is 17.9 Å². The quantitative estimate of drug-likeness (QED) is 0.587. The fraction of sp³-hybridized carbons (Fsp3) is 0.200. The van der Waals surface area contributed by atoms with Gasteiger partial charge >= 0.3 is 6.18 Å². The van der Waals surface area contributed by atoms with E-state index >= 15 is 0 Å². The van der Waals surface area contributed by atoms with Gasteiger partial charge in [-0.15, -0.1) is 0 Å². The molecule has 0 saturated carbocycles. The van der Waals surface area contributed by atoms with E-state index in [0.29, 0.717) is 28.5 Å². The minimum absolute atomic E-state index is 0.243. The number of alkyl halides is 3. The summed E-state index contributed by atoms with van der Waals surface area (Å²) in [7, 11) is 0. The Balaban J connectivity index is 1.60. The highest BCUT2D eigenvalue weighted by Gasteiger charge is 2.27. The predicted octanol–water partition coefficient (Wildman–Crippen LogP) is 4.92. The lowest BCUT2D eigenvalue weighted by atomic mass is 10.1. The van der Waals surface area contributed by atoms with Crippen molar-refractivity contribution in [3.63, 3.8) is 0 Å². The molecular formula is C20H17ClF3N3O2. The SMILES string of the molecule is O=C(Nc1ccn(Cc2ccccc2Cl)n1)c1cccc(COCC(F)(F)F)c1. The van der Waals surface area contributed by atoms with E-state index in [1.54, 1.807) is 41.2 Å². The van der Waals surface area contributed by atoms with Crippen LogP contribution in [0.25, 0.3) is 0 Å². The number of ether oxygens (including phenoxy) is 1. The second-order valence-electron chi connectivity index (χ2n) is 6.25. The number of aromatic nitrogens is 2. The van der Waals surface area contributed by atoms with Crippen molar-refractivity contribution in [2.24, 2.45) is 0 Å². The number of carbonyl (C=O) groups is 1. The van der Waals surface area contributed by atoms with E-state index in [1.807, 2.05) is 18.2 Å². The Bertz CT molecular complexity index is 989. The molecule has 2 aromatic carbocycles. The van der Waals surface area contributed by atoms with Gasteiger partial charge in [0.15, 0.2) is 5.82 Å². The van der Waals surface area contributed by atoms with Crippen molar-refractivity contribution in [3.8, 4) is 0 Å². The Morgan fingerprint density at radius 1 is 1.14 bits per heavy atom.